The van der Waals surface area contributed by atoms with Crippen molar-refractivity contribution in [1.82, 2.24) is 14.8 Å². The summed E-state index contributed by atoms with van der Waals surface area (Å²) in [5, 5.41) is 3.95. The average molecular weight is 339 g/mol. The molecule has 0 N–H and O–H groups in total. The van der Waals surface area contributed by atoms with Crippen molar-refractivity contribution >= 4 is 0 Å². The number of hydrogen-bond acceptors (Lipinski definition) is 2. The Balaban J connectivity index is 2.15. The van der Waals surface area contributed by atoms with Crippen LogP contribution in [0.25, 0.3) is 22.8 Å². The molecule has 124 valence electrons. The number of benzene rings is 2. The molecule has 0 fully saturated rings. The molecule has 0 spiro atoms. The maximum absolute atomic E-state index is 13.8. The summed E-state index contributed by atoms with van der Waals surface area (Å²) in [5.41, 5.74) is -1.14. The zero-order valence-corrected chi connectivity index (χ0v) is 12.3. The second kappa shape index (κ2) is 5.70. The molecule has 8 heteroatoms. The van der Waals surface area contributed by atoms with Gasteiger partial charge in [0.15, 0.2) is 11.6 Å². The van der Waals surface area contributed by atoms with E-state index in [4.69, 9.17) is 0 Å². The smallest absolute Gasteiger partial charge is 0.248 e. The van der Waals surface area contributed by atoms with E-state index < -0.39 is 23.4 Å². The lowest BCUT2D eigenvalue weighted by molar-refractivity contribution is -0.137. The summed E-state index contributed by atoms with van der Waals surface area (Å²) in [6, 6.07) is 7.73. The topological polar surface area (TPSA) is 30.7 Å². The third-order valence-electron chi connectivity index (χ3n) is 3.41. The molecule has 0 amide bonds. The molecule has 0 aliphatic rings. The van der Waals surface area contributed by atoms with Gasteiger partial charge >= 0.3 is 6.18 Å². The van der Waals surface area contributed by atoms with Crippen LogP contribution < -0.4 is 0 Å². The predicted molar refractivity (Wildman–Crippen MR) is 76.8 cm³/mol. The first kappa shape index (κ1) is 16.1. The molecule has 1 aromatic heterocycles. The van der Waals surface area contributed by atoms with Gasteiger partial charge in [-0.2, -0.15) is 18.3 Å². The van der Waals surface area contributed by atoms with Gasteiger partial charge in [-0.25, -0.2) is 18.4 Å². The maximum atomic E-state index is 13.8. The number of nitrogens with zero attached hydrogens (tertiary/aromatic N) is 3. The van der Waals surface area contributed by atoms with Crippen molar-refractivity contribution in [2.75, 3.05) is 0 Å². The van der Waals surface area contributed by atoms with E-state index >= 15 is 0 Å². The summed E-state index contributed by atoms with van der Waals surface area (Å²) < 4.78 is 67.4. The molecule has 3 rings (SSSR count). The quantitative estimate of drug-likeness (QED) is 0.646. The first-order valence-electron chi connectivity index (χ1n) is 6.80. The Kier molecular flexibility index (Phi) is 3.82. The van der Waals surface area contributed by atoms with Gasteiger partial charge in [0, 0.05) is 18.7 Å². The van der Waals surface area contributed by atoms with Crippen LogP contribution in [0.15, 0.2) is 42.5 Å². The van der Waals surface area contributed by atoms with Gasteiger partial charge in [0.25, 0.3) is 0 Å². The molecule has 0 saturated heterocycles. The molecule has 3 aromatic rings. The van der Waals surface area contributed by atoms with Crippen LogP contribution in [0, 0.1) is 11.6 Å². The zero-order valence-electron chi connectivity index (χ0n) is 12.3. The molecule has 0 aliphatic carbocycles. The van der Waals surface area contributed by atoms with Crippen LogP contribution in [0.1, 0.15) is 5.56 Å². The molecular formula is C16H10F5N3. The molecule has 0 aliphatic heterocycles. The number of aromatic nitrogens is 3. The van der Waals surface area contributed by atoms with Gasteiger partial charge in [-0.15, -0.1) is 0 Å². The van der Waals surface area contributed by atoms with Crippen molar-refractivity contribution in [2.24, 2.45) is 7.05 Å². The van der Waals surface area contributed by atoms with E-state index in [-0.39, 0.29) is 22.8 Å². The Hall–Kier alpha value is -2.77. The Morgan fingerprint density at radius 2 is 1.67 bits per heavy atom. The number of aryl methyl sites for hydroxylation is 1. The van der Waals surface area contributed by atoms with E-state index in [2.05, 4.69) is 10.1 Å². The number of hydrogen-bond donors (Lipinski definition) is 0. The standard InChI is InChI=1S/C16H10F5N3/c1-24-15(10-4-2-3-5-12(10)16(19,20)21)22-14(23-24)11-7-6-9(17)8-13(11)18/h2-8H,1H3. The molecule has 1 heterocycles. The van der Waals surface area contributed by atoms with Crippen LogP contribution in [-0.2, 0) is 13.2 Å². The molecule has 0 radical (unpaired) electrons. The molecule has 3 nitrogen and oxygen atoms in total. The normalized spacial score (nSPS) is 11.8. The molecule has 0 saturated carbocycles. The number of halogens is 5. The fourth-order valence-electron chi connectivity index (χ4n) is 2.33. The first-order valence-corrected chi connectivity index (χ1v) is 6.80. The van der Waals surface area contributed by atoms with Gasteiger partial charge < -0.3 is 0 Å². The van der Waals surface area contributed by atoms with E-state index in [9.17, 15) is 22.0 Å². The van der Waals surface area contributed by atoms with Crippen molar-refractivity contribution in [3.8, 4) is 22.8 Å². The third kappa shape index (κ3) is 2.86. The van der Waals surface area contributed by atoms with Crippen molar-refractivity contribution < 1.29 is 22.0 Å². The molecule has 2 aromatic carbocycles. The van der Waals surface area contributed by atoms with E-state index in [1.54, 1.807) is 0 Å². The van der Waals surface area contributed by atoms with Gasteiger partial charge in [-0.05, 0) is 18.2 Å². The van der Waals surface area contributed by atoms with E-state index in [0.29, 0.717) is 6.07 Å². The second-order valence-corrected chi connectivity index (χ2v) is 5.05. The summed E-state index contributed by atoms with van der Waals surface area (Å²) in [5.74, 6) is -1.85. The molecule has 24 heavy (non-hydrogen) atoms. The summed E-state index contributed by atoms with van der Waals surface area (Å²) in [6.45, 7) is 0. The fraction of sp³-hybridized carbons (Fsp3) is 0.125. The summed E-state index contributed by atoms with van der Waals surface area (Å²) in [6.07, 6.45) is -4.57. The lowest BCUT2D eigenvalue weighted by atomic mass is 10.1. The predicted octanol–water partition coefficient (Wildman–Crippen LogP) is 4.45. The minimum absolute atomic E-state index is 0.0679. The average Bonchev–Trinajstić information content (AvgIpc) is 2.88. The highest BCUT2D eigenvalue weighted by Gasteiger charge is 2.34. The van der Waals surface area contributed by atoms with Gasteiger partial charge in [0.1, 0.15) is 11.6 Å². The Morgan fingerprint density at radius 3 is 2.33 bits per heavy atom. The van der Waals surface area contributed by atoms with Crippen LogP contribution in [-0.4, -0.2) is 14.8 Å². The SMILES string of the molecule is Cn1nc(-c2ccc(F)cc2F)nc1-c1ccccc1C(F)(F)F. The van der Waals surface area contributed by atoms with Gasteiger partial charge in [-0.3, -0.25) is 0 Å². The van der Waals surface area contributed by atoms with E-state index in [1.807, 2.05) is 0 Å². The van der Waals surface area contributed by atoms with Gasteiger partial charge in [0.05, 0.1) is 11.1 Å². The van der Waals surface area contributed by atoms with Gasteiger partial charge in [-0.1, -0.05) is 18.2 Å². The second-order valence-electron chi connectivity index (χ2n) is 5.05. The van der Waals surface area contributed by atoms with Crippen LogP contribution in [0.2, 0.25) is 0 Å². The van der Waals surface area contributed by atoms with Gasteiger partial charge in [0.2, 0.25) is 0 Å². The lowest BCUT2D eigenvalue weighted by Crippen LogP contribution is -2.08. The van der Waals surface area contributed by atoms with Crippen LogP contribution in [0.3, 0.4) is 0 Å². The van der Waals surface area contributed by atoms with Crippen LogP contribution >= 0.6 is 0 Å². The van der Waals surface area contributed by atoms with Crippen molar-refractivity contribution in [3.63, 3.8) is 0 Å². The lowest BCUT2D eigenvalue weighted by Gasteiger charge is -2.11. The maximum Gasteiger partial charge on any atom is 0.417 e. The molecule has 0 atom stereocenters. The van der Waals surface area contributed by atoms with Crippen molar-refractivity contribution in [1.29, 1.82) is 0 Å². The Bertz CT molecular complexity index is 899. The Labute approximate surface area is 133 Å². The number of rotatable bonds is 2. The van der Waals surface area contributed by atoms with Crippen LogP contribution in [0.5, 0.6) is 0 Å². The van der Waals surface area contributed by atoms with Crippen molar-refractivity contribution in [2.45, 2.75) is 6.18 Å². The minimum Gasteiger partial charge on any atom is -0.248 e. The van der Waals surface area contributed by atoms with E-state index in [0.717, 1.165) is 22.9 Å². The summed E-state index contributed by atoms with van der Waals surface area (Å²) >= 11 is 0. The highest BCUT2D eigenvalue weighted by atomic mass is 19.4. The first-order chi connectivity index (χ1) is 11.3. The largest absolute Gasteiger partial charge is 0.417 e. The molecule has 0 unspecified atom stereocenters. The van der Waals surface area contributed by atoms with Crippen molar-refractivity contribution in [3.05, 3.63) is 59.7 Å². The highest BCUT2D eigenvalue weighted by molar-refractivity contribution is 5.65. The molecular weight excluding hydrogens is 329 g/mol. The zero-order chi connectivity index (χ0) is 17.5. The molecule has 0 bridgehead atoms. The Morgan fingerprint density at radius 1 is 0.958 bits per heavy atom. The minimum atomic E-state index is -4.57. The third-order valence-corrected chi connectivity index (χ3v) is 3.41. The highest BCUT2D eigenvalue weighted by Crippen LogP contribution is 2.36. The van der Waals surface area contributed by atoms with Crippen LogP contribution in [0.4, 0.5) is 22.0 Å². The van der Waals surface area contributed by atoms with E-state index in [1.165, 1.54) is 25.2 Å². The summed E-state index contributed by atoms with van der Waals surface area (Å²) in [4.78, 5) is 4.00. The fourth-order valence-corrected chi connectivity index (χ4v) is 2.33. The summed E-state index contributed by atoms with van der Waals surface area (Å²) in [7, 11) is 1.40. The number of alkyl halides is 3. The monoisotopic (exact) mass is 339 g/mol.